The van der Waals surface area contributed by atoms with Gasteiger partial charge in [-0.3, -0.25) is 4.79 Å². The Morgan fingerprint density at radius 3 is 1.98 bits per heavy atom. The maximum atomic E-state index is 13.2. The third kappa shape index (κ3) is 17.9. The van der Waals surface area contributed by atoms with E-state index in [1.54, 1.807) is 31.2 Å². The summed E-state index contributed by atoms with van der Waals surface area (Å²) in [4.78, 5) is 58.3. The molecular formula is C31H41ClF3N5O8. The zero-order valence-electron chi connectivity index (χ0n) is 26.2. The predicted octanol–water partition coefficient (Wildman–Crippen LogP) is 4.50. The minimum absolute atomic E-state index is 0.156. The molecule has 0 aliphatic rings. The molecule has 0 spiro atoms. The summed E-state index contributed by atoms with van der Waals surface area (Å²) in [6.45, 7) is 2.70. The lowest BCUT2D eigenvalue weighted by Crippen LogP contribution is -2.53. The Kier molecular flexibility index (Phi) is 19.1. The van der Waals surface area contributed by atoms with Gasteiger partial charge in [0, 0.05) is 11.6 Å². The summed E-state index contributed by atoms with van der Waals surface area (Å²) in [6.07, 6.45) is -2.96. The van der Waals surface area contributed by atoms with Crippen LogP contribution in [0.4, 0.5) is 22.8 Å². The number of aliphatic carboxylic acids is 2. The molecule has 8 N–H and O–H groups in total. The number of urea groups is 1. The van der Waals surface area contributed by atoms with Gasteiger partial charge >= 0.3 is 30.2 Å². The molecule has 0 aliphatic carbocycles. The molecule has 0 aromatic heterocycles. The van der Waals surface area contributed by atoms with Crippen LogP contribution in [0.15, 0.2) is 54.6 Å². The van der Waals surface area contributed by atoms with Gasteiger partial charge in [-0.15, -0.1) is 0 Å². The molecule has 0 aliphatic heterocycles. The molecule has 17 heteroatoms. The monoisotopic (exact) mass is 703 g/mol. The molecule has 0 fully saturated rings. The summed E-state index contributed by atoms with van der Waals surface area (Å²) >= 11 is 5.96. The number of nitrogens with two attached hydrogens (primary N) is 1. The molecule has 0 saturated carbocycles. The molecule has 4 amide bonds. The smallest absolute Gasteiger partial charge is 0.480 e. The molecule has 2 aromatic rings. The second-order valence-corrected chi connectivity index (χ2v) is 10.9. The van der Waals surface area contributed by atoms with Crippen molar-refractivity contribution in [2.45, 2.75) is 76.4 Å². The molecule has 0 saturated heterocycles. The van der Waals surface area contributed by atoms with Crippen LogP contribution in [0.1, 0.15) is 62.6 Å². The zero-order chi connectivity index (χ0) is 36.1. The molecule has 2 aromatic carbocycles. The molecule has 13 nitrogen and oxygen atoms in total. The largest absolute Gasteiger partial charge is 0.490 e. The van der Waals surface area contributed by atoms with Crippen molar-refractivity contribution in [1.82, 2.24) is 21.3 Å². The number of ether oxygens (including phenoxy) is 1. The number of rotatable bonds is 17. The van der Waals surface area contributed by atoms with Crippen LogP contribution in [0.5, 0.6) is 0 Å². The average Bonchev–Trinajstić information content (AvgIpc) is 3.03. The predicted molar refractivity (Wildman–Crippen MR) is 170 cm³/mol. The fourth-order valence-corrected chi connectivity index (χ4v) is 4.09. The summed E-state index contributed by atoms with van der Waals surface area (Å²) in [5.74, 6) is -4.35. The molecule has 0 radical (unpaired) electrons. The number of alkyl halides is 3. The number of hydrogen-bond acceptors (Lipinski definition) is 7. The molecular weight excluding hydrogens is 663 g/mol. The summed E-state index contributed by atoms with van der Waals surface area (Å²) in [5.41, 5.74) is 7.18. The van der Waals surface area contributed by atoms with Crippen molar-refractivity contribution in [3.8, 4) is 0 Å². The van der Waals surface area contributed by atoms with Gasteiger partial charge in [0.25, 0.3) is 0 Å². The Hall–Kier alpha value is -4.57. The minimum atomic E-state index is -5.08. The van der Waals surface area contributed by atoms with E-state index >= 15 is 0 Å². The molecule has 266 valence electrons. The van der Waals surface area contributed by atoms with Gasteiger partial charge in [-0.25, -0.2) is 19.2 Å². The topological polar surface area (TPSA) is 209 Å². The Bertz CT molecular complexity index is 1300. The normalized spacial score (nSPS) is 12.6. The molecule has 0 heterocycles. The van der Waals surface area contributed by atoms with Gasteiger partial charge in [-0.05, 0) is 75.3 Å². The van der Waals surface area contributed by atoms with Crippen molar-refractivity contribution >= 4 is 41.6 Å². The van der Waals surface area contributed by atoms with E-state index in [0.717, 1.165) is 11.1 Å². The highest BCUT2D eigenvalue weighted by atomic mass is 35.5. The number of unbranched alkanes of at least 4 members (excludes halogenated alkanes) is 2. The fourth-order valence-electron chi connectivity index (χ4n) is 3.96. The number of carboxylic acids is 2. The number of carboxylic acid groups (broad SMARTS) is 2. The lowest BCUT2D eigenvalue weighted by atomic mass is 10.1. The number of hydrogen-bond donors (Lipinski definition) is 7. The summed E-state index contributed by atoms with van der Waals surface area (Å²) in [6, 6.07) is 13.2. The third-order valence-corrected chi connectivity index (χ3v) is 6.80. The summed E-state index contributed by atoms with van der Waals surface area (Å²) < 4.78 is 36.9. The van der Waals surface area contributed by atoms with Gasteiger partial charge < -0.3 is 42.0 Å². The summed E-state index contributed by atoms with van der Waals surface area (Å²) in [5, 5.41) is 27.8. The van der Waals surface area contributed by atoms with Crippen molar-refractivity contribution in [2.75, 3.05) is 13.1 Å². The Morgan fingerprint density at radius 2 is 1.42 bits per heavy atom. The number of halogens is 4. The lowest BCUT2D eigenvalue weighted by Gasteiger charge is -2.23. The van der Waals surface area contributed by atoms with Gasteiger partial charge in [0.05, 0.1) is 6.04 Å². The number of alkyl carbamates (subject to hydrolysis) is 1. The quantitative estimate of drug-likeness (QED) is 0.116. The maximum absolute atomic E-state index is 13.2. The van der Waals surface area contributed by atoms with E-state index in [9.17, 15) is 37.5 Å². The fraction of sp³-hybridized carbons (Fsp3) is 0.452. The van der Waals surface area contributed by atoms with Crippen LogP contribution in [0.25, 0.3) is 0 Å². The standard InChI is InChI=1S/C29H40ClN5O6.C2HF3O2/c1-20(22-13-15-23(30)16-14-22)33-26(36)24(34-28(39)35-25(27(37)38)12-5-7-17-31)11-6-8-18-32-29(40)41-19-21-9-3-2-4-10-21;3-2(4,5)1(6)7/h2-4,9-10,13-16,20,24-25H,5-8,11-12,17-19,31H2,1H3,(H,32,40)(H,33,36)(H,37,38)(H2,34,35,39);(H,6,7)/t20?,24-,25+;/m1./s1. The number of amides is 4. The van der Waals surface area contributed by atoms with Crippen molar-refractivity contribution in [3.63, 3.8) is 0 Å². The second kappa shape index (κ2) is 22.1. The second-order valence-electron chi connectivity index (χ2n) is 10.4. The van der Waals surface area contributed by atoms with Gasteiger partial charge in [-0.2, -0.15) is 13.2 Å². The van der Waals surface area contributed by atoms with Crippen molar-refractivity contribution in [3.05, 3.63) is 70.7 Å². The van der Waals surface area contributed by atoms with Crippen LogP contribution in [-0.2, 0) is 25.7 Å². The molecule has 2 rings (SSSR count). The highest BCUT2D eigenvalue weighted by molar-refractivity contribution is 6.30. The molecule has 48 heavy (non-hydrogen) atoms. The summed E-state index contributed by atoms with van der Waals surface area (Å²) in [7, 11) is 0. The highest BCUT2D eigenvalue weighted by Crippen LogP contribution is 2.17. The SMILES string of the molecule is CC(NC(=O)[C@@H](CCCCNC(=O)OCc1ccccc1)NC(=O)N[C@@H](CCCCN)C(=O)O)c1ccc(Cl)cc1.O=C(O)C(F)(F)F. The van der Waals surface area contributed by atoms with Gasteiger partial charge in [0.2, 0.25) is 5.91 Å². The van der Waals surface area contributed by atoms with E-state index in [2.05, 4.69) is 21.3 Å². The van der Waals surface area contributed by atoms with Crippen LogP contribution >= 0.6 is 11.6 Å². The Morgan fingerprint density at radius 1 is 0.854 bits per heavy atom. The number of benzene rings is 2. The Balaban J connectivity index is 0.00000148. The van der Waals surface area contributed by atoms with Crippen LogP contribution in [0.3, 0.4) is 0 Å². The molecule has 3 atom stereocenters. The first-order valence-corrected chi connectivity index (χ1v) is 15.3. The van der Waals surface area contributed by atoms with E-state index in [4.69, 9.17) is 32.0 Å². The maximum Gasteiger partial charge on any atom is 0.490 e. The number of carbonyl (C=O) groups excluding carboxylic acids is 3. The number of carbonyl (C=O) groups is 5. The first kappa shape index (κ1) is 41.5. The zero-order valence-corrected chi connectivity index (χ0v) is 27.0. The van der Waals surface area contributed by atoms with E-state index in [-0.39, 0.29) is 25.5 Å². The first-order chi connectivity index (χ1) is 22.6. The van der Waals surface area contributed by atoms with Gasteiger partial charge in [0.1, 0.15) is 18.7 Å². The van der Waals surface area contributed by atoms with E-state index < -0.39 is 48.2 Å². The first-order valence-electron chi connectivity index (χ1n) is 14.9. The van der Waals surface area contributed by atoms with Crippen molar-refractivity contribution in [2.24, 2.45) is 5.73 Å². The third-order valence-electron chi connectivity index (χ3n) is 6.55. The highest BCUT2D eigenvalue weighted by Gasteiger charge is 2.38. The average molecular weight is 704 g/mol. The minimum Gasteiger partial charge on any atom is -0.480 e. The van der Waals surface area contributed by atoms with Crippen LogP contribution in [-0.4, -0.2) is 71.5 Å². The number of nitrogens with one attached hydrogen (secondary N) is 4. The van der Waals surface area contributed by atoms with Crippen LogP contribution < -0.4 is 27.0 Å². The van der Waals surface area contributed by atoms with E-state index in [1.807, 2.05) is 30.3 Å². The lowest BCUT2D eigenvalue weighted by molar-refractivity contribution is -0.192. The van der Waals surface area contributed by atoms with Crippen LogP contribution in [0, 0.1) is 0 Å². The Labute approximate surface area is 280 Å². The van der Waals surface area contributed by atoms with E-state index in [0.29, 0.717) is 43.8 Å². The van der Waals surface area contributed by atoms with Gasteiger partial charge in [-0.1, -0.05) is 54.1 Å². The van der Waals surface area contributed by atoms with Gasteiger partial charge in [0.15, 0.2) is 0 Å². The van der Waals surface area contributed by atoms with Crippen LogP contribution in [0.2, 0.25) is 5.02 Å². The molecule has 1 unspecified atom stereocenters. The van der Waals surface area contributed by atoms with Crippen molar-refractivity contribution in [1.29, 1.82) is 0 Å². The van der Waals surface area contributed by atoms with E-state index in [1.165, 1.54) is 0 Å². The molecule has 0 bridgehead atoms. The van der Waals surface area contributed by atoms with Crippen molar-refractivity contribution < 1.29 is 52.1 Å².